The monoisotopic (exact) mass is 452 g/mol. The highest BCUT2D eigenvalue weighted by Crippen LogP contribution is 2.43. The SMILES string of the molecule is CCCCCCCc1ccc(CCC2CCC(C3CCC(CCCCCC)CC3)CC2)cc1. The van der Waals surface area contributed by atoms with Crippen molar-refractivity contribution in [3.05, 3.63) is 35.4 Å². The Hall–Kier alpha value is -0.780. The minimum absolute atomic E-state index is 0.995. The van der Waals surface area contributed by atoms with Crippen LogP contribution in [0.4, 0.5) is 0 Å². The van der Waals surface area contributed by atoms with E-state index in [1.54, 1.807) is 36.8 Å². The van der Waals surface area contributed by atoms with Gasteiger partial charge < -0.3 is 0 Å². The highest BCUT2D eigenvalue weighted by Gasteiger charge is 2.30. The van der Waals surface area contributed by atoms with Crippen molar-refractivity contribution in [3.63, 3.8) is 0 Å². The van der Waals surface area contributed by atoms with Gasteiger partial charge >= 0.3 is 0 Å². The molecule has 3 rings (SSSR count). The smallest absolute Gasteiger partial charge is 0.0276 e. The normalized spacial score (nSPS) is 25.9. The van der Waals surface area contributed by atoms with Gasteiger partial charge in [-0.3, -0.25) is 0 Å². The molecule has 0 radical (unpaired) electrons. The minimum Gasteiger partial charge on any atom is -0.0654 e. The van der Waals surface area contributed by atoms with Crippen molar-refractivity contribution < 1.29 is 0 Å². The summed E-state index contributed by atoms with van der Waals surface area (Å²) < 4.78 is 0. The molecular formula is C33H56. The maximum Gasteiger partial charge on any atom is -0.0276 e. The molecular weight excluding hydrogens is 396 g/mol. The third-order valence-corrected chi connectivity index (χ3v) is 9.35. The van der Waals surface area contributed by atoms with Crippen LogP contribution in [-0.4, -0.2) is 0 Å². The van der Waals surface area contributed by atoms with E-state index < -0.39 is 0 Å². The van der Waals surface area contributed by atoms with Crippen molar-refractivity contribution >= 4 is 0 Å². The standard InChI is InChI=1S/C33H56/c1-3-5-7-9-11-13-28-14-16-30(17-15-28)18-19-31-22-26-33(27-23-31)32-24-20-29(21-25-32)12-10-8-6-4-2/h14-17,29,31-33H,3-13,18-27H2,1-2H3. The lowest BCUT2D eigenvalue weighted by Crippen LogP contribution is -2.26. The predicted molar refractivity (Wildman–Crippen MR) is 147 cm³/mol. The summed E-state index contributed by atoms with van der Waals surface area (Å²) >= 11 is 0. The Balaban J connectivity index is 1.26. The molecule has 0 atom stereocenters. The van der Waals surface area contributed by atoms with E-state index in [2.05, 4.69) is 38.1 Å². The predicted octanol–water partition coefficient (Wildman–Crippen LogP) is 10.7. The molecule has 1 aromatic rings. The van der Waals surface area contributed by atoms with Gasteiger partial charge in [-0.15, -0.1) is 0 Å². The Kier molecular flexibility index (Phi) is 13.0. The van der Waals surface area contributed by atoms with E-state index in [1.165, 1.54) is 109 Å². The number of hydrogen-bond acceptors (Lipinski definition) is 0. The number of hydrogen-bond donors (Lipinski definition) is 0. The molecule has 0 spiro atoms. The molecule has 2 saturated carbocycles. The molecule has 0 aromatic heterocycles. The van der Waals surface area contributed by atoms with E-state index in [1.807, 2.05) is 0 Å². The quantitative estimate of drug-likeness (QED) is 0.232. The fraction of sp³-hybridized carbons (Fsp3) is 0.818. The Morgan fingerprint density at radius 1 is 0.485 bits per heavy atom. The van der Waals surface area contributed by atoms with Crippen molar-refractivity contribution in [2.24, 2.45) is 23.7 Å². The molecule has 0 saturated heterocycles. The minimum atomic E-state index is 0.995. The molecule has 1 aromatic carbocycles. The van der Waals surface area contributed by atoms with Crippen LogP contribution >= 0.6 is 0 Å². The van der Waals surface area contributed by atoms with Crippen LogP contribution in [0.5, 0.6) is 0 Å². The van der Waals surface area contributed by atoms with Crippen LogP contribution in [0.25, 0.3) is 0 Å². The van der Waals surface area contributed by atoms with Gasteiger partial charge in [-0.2, -0.15) is 0 Å². The molecule has 2 aliphatic rings. The molecule has 0 aliphatic heterocycles. The second kappa shape index (κ2) is 16.0. The van der Waals surface area contributed by atoms with Crippen LogP contribution in [0.1, 0.15) is 147 Å². The van der Waals surface area contributed by atoms with Gasteiger partial charge in [0.2, 0.25) is 0 Å². The fourth-order valence-corrected chi connectivity index (χ4v) is 6.93. The first kappa shape index (κ1) is 26.8. The van der Waals surface area contributed by atoms with Gasteiger partial charge in [-0.1, -0.05) is 122 Å². The van der Waals surface area contributed by atoms with Gasteiger partial charge in [0, 0.05) is 0 Å². The summed E-state index contributed by atoms with van der Waals surface area (Å²) in [5.41, 5.74) is 3.12. The number of aryl methyl sites for hydroxylation is 2. The first-order valence-corrected chi connectivity index (χ1v) is 15.4. The van der Waals surface area contributed by atoms with Crippen LogP contribution in [-0.2, 0) is 12.8 Å². The molecule has 0 unspecified atom stereocenters. The largest absolute Gasteiger partial charge is 0.0654 e. The van der Waals surface area contributed by atoms with Crippen LogP contribution in [0.3, 0.4) is 0 Å². The summed E-state index contributed by atoms with van der Waals surface area (Å²) in [5, 5.41) is 0. The molecule has 0 nitrogen and oxygen atoms in total. The van der Waals surface area contributed by atoms with Gasteiger partial charge in [-0.05, 0) is 86.2 Å². The summed E-state index contributed by atoms with van der Waals surface area (Å²) in [6.45, 7) is 4.62. The number of rotatable bonds is 15. The van der Waals surface area contributed by atoms with Crippen LogP contribution in [0, 0.1) is 23.7 Å². The summed E-state index contributed by atoms with van der Waals surface area (Å²) in [4.78, 5) is 0. The van der Waals surface area contributed by atoms with Crippen LogP contribution in [0.2, 0.25) is 0 Å². The fourth-order valence-electron chi connectivity index (χ4n) is 6.93. The van der Waals surface area contributed by atoms with E-state index in [0.29, 0.717) is 0 Å². The van der Waals surface area contributed by atoms with Crippen molar-refractivity contribution in [1.29, 1.82) is 0 Å². The second-order valence-corrected chi connectivity index (χ2v) is 11.9. The topological polar surface area (TPSA) is 0 Å². The van der Waals surface area contributed by atoms with Gasteiger partial charge in [0.15, 0.2) is 0 Å². The van der Waals surface area contributed by atoms with Gasteiger partial charge in [-0.25, -0.2) is 0 Å². The molecule has 0 bridgehead atoms. The Labute approximate surface area is 207 Å². The first-order chi connectivity index (χ1) is 16.3. The van der Waals surface area contributed by atoms with E-state index >= 15 is 0 Å². The second-order valence-electron chi connectivity index (χ2n) is 11.9. The molecule has 33 heavy (non-hydrogen) atoms. The average Bonchev–Trinajstić information content (AvgIpc) is 2.87. The zero-order chi connectivity index (χ0) is 23.1. The van der Waals surface area contributed by atoms with Gasteiger partial charge in [0.1, 0.15) is 0 Å². The lowest BCUT2D eigenvalue weighted by molar-refractivity contribution is 0.140. The molecule has 0 heteroatoms. The molecule has 0 amide bonds. The Bertz CT molecular complexity index is 583. The maximum absolute atomic E-state index is 2.42. The molecule has 2 fully saturated rings. The highest BCUT2D eigenvalue weighted by molar-refractivity contribution is 5.22. The first-order valence-electron chi connectivity index (χ1n) is 15.4. The molecule has 0 N–H and O–H groups in total. The molecule has 188 valence electrons. The summed E-state index contributed by atoms with van der Waals surface area (Å²) in [6.07, 6.45) is 30.5. The lowest BCUT2D eigenvalue weighted by atomic mass is 9.68. The number of benzene rings is 1. The van der Waals surface area contributed by atoms with Crippen LogP contribution < -0.4 is 0 Å². The summed E-state index contributed by atoms with van der Waals surface area (Å²) in [7, 11) is 0. The third-order valence-electron chi connectivity index (χ3n) is 9.35. The zero-order valence-corrected chi connectivity index (χ0v) is 22.5. The Morgan fingerprint density at radius 3 is 1.48 bits per heavy atom. The van der Waals surface area contributed by atoms with E-state index in [9.17, 15) is 0 Å². The van der Waals surface area contributed by atoms with Crippen molar-refractivity contribution in [2.45, 2.75) is 149 Å². The average molecular weight is 453 g/mol. The summed E-state index contributed by atoms with van der Waals surface area (Å²) in [6, 6.07) is 9.67. The lowest BCUT2D eigenvalue weighted by Gasteiger charge is -2.38. The van der Waals surface area contributed by atoms with Gasteiger partial charge in [0.05, 0.1) is 0 Å². The maximum atomic E-state index is 2.42. The molecule has 0 heterocycles. The summed E-state index contributed by atoms with van der Waals surface area (Å²) in [5.74, 6) is 4.21. The van der Waals surface area contributed by atoms with Gasteiger partial charge in [0.25, 0.3) is 0 Å². The van der Waals surface area contributed by atoms with Crippen molar-refractivity contribution in [1.82, 2.24) is 0 Å². The zero-order valence-electron chi connectivity index (χ0n) is 22.5. The van der Waals surface area contributed by atoms with Crippen LogP contribution in [0.15, 0.2) is 24.3 Å². The Morgan fingerprint density at radius 2 is 0.939 bits per heavy atom. The van der Waals surface area contributed by atoms with E-state index in [0.717, 1.165) is 23.7 Å². The third kappa shape index (κ3) is 10.2. The number of unbranched alkanes of at least 4 members (excludes halogenated alkanes) is 7. The van der Waals surface area contributed by atoms with Crippen molar-refractivity contribution in [3.8, 4) is 0 Å². The highest BCUT2D eigenvalue weighted by atomic mass is 14.4. The molecule has 2 aliphatic carbocycles. The van der Waals surface area contributed by atoms with E-state index in [-0.39, 0.29) is 0 Å². The van der Waals surface area contributed by atoms with Crippen molar-refractivity contribution in [2.75, 3.05) is 0 Å². The van der Waals surface area contributed by atoms with E-state index in [4.69, 9.17) is 0 Å².